The third-order valence-corrected chi connectivity index (χ3v) is 2.01. The molecular formula is C14H22O. The Morgan fingerprint density at radius 1 is 1.33 bits per heavy atom. The van der Waals surface area contributed by atoms with E-state index in [1.165, 1.54) is 5.57 Å². The first-order valence-electron chi connectivity index (χ1n) is 5.55. The molecule has 0 saturated heterocycles. The van der Waals surface area contributed by atoms with Gasteiger partial charge in [-0.2, -0.15) is 0 Å². The average Bonchev–Trinajstić information content (AvgIpc) is 2.14. The van der Waals surface area contributed by atoms with Gasteiger partial charge in [-0.1, -0.05) is 36.8 Å². The van der Waals surface area contributed by atoms with Crippen LogP contribution in [0.4, 0.5) is 0 Å². The fourth-order valence-electron chi connectivity index (χ4n) is 1.21. The maximum Gasteiger partial charge on any atom is 0.159 e. The van der Waals surface area contributed by atoms with Crippen molar-refractivity contribution in [3.8, 4) is 0 Å². The highest BCUT2D eigenvalue weighted by atomic mass is 16.1. The highest BCUT2D eigenvalue weighted by Gasteiger charge is 1.99. The smallest absolute Gasteiger partial charge is 0.159 e. The molecule has 0 aromatic carbocycles. The Labute approximate surface area is 93.6 Å². The minimum absolute atomic E-state index is 0.166. The summed E-state index contributed by atoms with van der Waals surface area (Å²) in [4.78, 5) is 11.3. The maximum atomic E-state index is 11.3. The number of carbonyl (C=O) groups is 1. The molecule has 0 aromatic rings. The molecule has 1 nitrogen and oxygen atoms in total. The van der Waals surface area contributed by atoms with Gasteiger partial charge < -0.3 is 0 Å². The minimum Gasteiger partial charge on any atom is -0.295 e. The molecule has 0 atom stereocenters. The molecule has 0 rings (SSSR count). The van der Waals surface area contributed by atoms with Crippen LogP contribution in [0.1, 0.15) is 46.5 Å². The SMILES string of the molecule is C=C(CCC=C(C)C)CC(=O)/C=C/CC. The van der Waals surface area contributed by atoms with Crippen LogP contribution in [0.25, 0.3) is 0 Å². The summed E-state index contributed by atoms with van der Waals surface area (Å²) < 4.78 is 0. The van der Waals surface area contributed by atoms with Crippen molar-refractivity contribution in [1.29, 1.82) is 0 Å². The molecule has 0 radical (unpaired) electrons. The summed E-state index contributed by atoms with van der Waals surface area (Å²) in [5, 5.41) is 0. The van der Waals surface area contributed by atoms with Gasteiger partial charge in [-0.3, -0.25) is 4.79 Å². The number of ketones is 1. The Kier molecular flexibility index (Phi) is 7.61. The number of hydrogen-bond acceptors (Lipinski definition) is 1. The van der Waals surface area contributed by atoms with E-state index in [9.17, 15) is 4.79 Å². The standard InChI is InChI=1S/C14H22O/c1-5-6-10-14(15)11-13(4)9-7-8-12(2)3/h6,8,10H,4-5,7,9,11H2,1-3H3/b10-6+. The van der Waals surface area contributed by atoms with Gasteiger partial charge >= 0.3 is 0 Å². The van der Waals surface area contributed by atoms with E-state index in [2.05, 4.69) is 26.5 Å². The van der Waals surface area contributed by atoms with E-state index in [1.54, 1.807) is 6.08 Å². The Morgan fingerprint density at radius 3 is 2.53 bits per heavy atom. The molecule has 0 spiro atoms. The molecule has 0 fully saturated rings. The van der Waals surface area contributed by atoms with Gasteiger partial charge in [0, 0.05) is 6.42 Å². The molecule has 0 aliphatic heterocycles. The molecule has 0 aliphatic rings. The van der Waals surface area contributed by atoms with Crippen molar-refractivity contribution in [3.63, 3.8) is 0 Å². The predicted octanol–water partition coefficient (Wildman–Crippen LogP) is 4.21. The number of carbonyl (C=O) groups excluding carboxylic acids is 1. The van der Waals surface area contributed by atoms with E-state index < -0.39 is 0 Å². The third-order valence-electron chi connectivity index (χ3n) is 2.01. The largest absolute Gasteiger partial charge is 0.295 e. The number of rotatable bonds is 7. The topological polar surface area (TPSA) is 17.1 Å². The highest BCUT2D eigenvalue weighted by Crippen LogP contribution is 2.10. The van der Waals surface area contributed by atoms with Crippen molar-refractivity contribution >= 4 is 5.78 Å². The van der Waals surface area contributed by atoms with Gasteiger partial charge in [0.15, 0.2) is 5.78 Å². The second kappa shape index (κ2) is 8.22. The molecule has 0 heterocycles. The van der Waals surface area contributed by atoms with Crippen LogP contribution >= 0.6 is 0 Å². The molecular weight excluding hydrogens is 184 g/mol. The first-order chi connectivity index (χ1) is 7.06. The Morgan fingerprint density at radius 2 is 2.00 bits per heavy atom. The molecule has 84 valence electrons. The van der Waals surface area contributed by atoms with Gasteiger partial charge in [0.1, 0.15) is 0 Å². The van der Waals surface area contributed by atoms with E-state index in [-0.39, 0.29) is 5.78 Å². The number of hydrogen-bond donors (Lipinski definition) is 0. The second-order valence-corrected chi connectivity index (χ2v) is 4.02. The Bertz CT molecular complexity index is 265. The lowest BCUT2D eigenvalue weighted by Crippen LogP contribution is -1.94. The number of allylic oxidation sites excluding steroid dienone is 5. The quantitative estimate of drug-likeness (QED) is 0.450. The van der Waals surface area contributed by atoms with Crippen molar-refractivity contribution in [2.24, 2.45) is 0 Å². The predicted molar refractivity (Wildman–Crippen MR) is 66.9 cm³/mol. The zero-order valence-electron chi connectivity index (χ0n) is 10.2. The first-order valence-corrected chi connectivity index (χ1v) is 5.55. The summed E-state index contributed by atoms with van der Waals surface area (Å²) in [6.45, 7) is 10.1. The van der Waals surface area contributed by atoms with Crippen molar-refractivity contribution in [2.75, 3.05) is 0 Å². The Balaban J connectivity index is 3.79. The van der Waals surface area contributed by atoms with Crippen LogP contribution in [0.5, 0.6) is 0 Å². The van der Waals surface area contributed by atoms with Crippen LogP contribution in [-0.4, -0.2) is 5.78 Å². The average molecular weight is 206 g/mol. The summed E-state index contributed by atoms with van der Waals surface area (Å²) in [5.74, 6) is 0.166. The lowest BCUT2D eigenvalue weighted by molar-refractivity contribution is -0.114. The Hall–Kier alpha value is -1.11. The van der Waals surface area contributed by atoms with Crippen LogP contribution in [-0.2, 0) is 4.79 Å². The second-order valence-electron chi connectivity index (χ2n) is 4.02. The van der Waals surface area contributed by atoms with E-state index in [0.29, 0.717) is 6.42 Å². The summed E-state index contributed by atoms with van der Waals surface area (Å²) in [6, 6.07) is 0. The monoisotopic (exact) mass is 206 g/mol. The maximum absolute atomic E-state index is 11.3. The highest BCUT2D eigenvalue weighted by molar-refractivity contribution is 5.91. The van der Waals surface area contributed by atoms with E-state index >= 15 is 0 Å². The summed E-state index contributed by atoms with van der Waals surface area (Å²) >= 11 is 0. The van der Waals surface area contributed by atoms with Crippen molar-refractivity contribution in [2.45, 2.75) is 46.5 Å². The summed E-state index contributed by atoms with van der Waals surface area (Å²) in [6.07, 6.45) is 9.04. The van der Waals surface area contributed by atoms with Gasteiger partial charge in [-0.25, -0.2) is 0 Å². The van der Waals surface area contributed by atoms with Crippen molar-refractivity contribution in [3.05, 3.63) is 36.0 Å². The van der Waals surface area contributed by atoms with Crippen molar-refractivity contribution in [1.82, 2.24) is 0 Å². The van der Waals surface area contributed by atoms with Gasteiger partial charge in [0.05, 0.1) is 0 Å². The molecule has 0 N–H and O–H groups in total. The zero-order chi connectivity index (χ0) is 11.7. The molecule has 0 bridgehead atoms. The molecule has 15 heavy (non-hydrogen) atoms. The van der Waals surface area contributed by atoms with E-state index in [0.717, 1.165) is 24.8 Å². The molecule has 0 amide bonds. The molecule has 0 aliphatic carbocycles. The van der Waals surface area contributed by atoms with Crippen LogP contribution < -0.4 is 0 Å². The third kappa shape index (κ3) is 9.20. The lowest BCUT2D eigenvalue weighted by Gasteiger charge is -2.00. The van der Waals surface area contributed by atoms with Crippen LogP contribution in [0.2, 0.25) is 0 Å². The summed E-state index contributed by atoms with van der Waals surface area (Å²) in [5.41, 5.74) is 2.35. The first kappa shape index (κ1) is 13.9. The van der Waals surface area contributed by atoms with Gasteiger partial charge in [0.2, 0.25) is 0 Å². The van der Waals surface area contributed by atoms with Gasteiger partial charge in [0.25, 0.3) is 0 Å². The fraction of sp³-hybridized carbons (Fsp3) is 0.500. The van der Waals surface area contributed by atoms with Gasteiger partial charge in [-0.15, -0.1) is 0 Å². The van der Waals surface area contributed by atoms with Gasteiger partial charge in [-0.05, 0) is 39.2 Å². The van der Waals surface area contributed by atoms with Crippen LogP contribution in [0.15, 0.2) is 36.0 Å². The van der Waals surface area contributed by atoms with E-state index in [4.69, 9.17) is 0 Å². The van der Waals surface area contributed by atoms with E-state index in [1.807, 2.05) is 13.0 Å². The molecule has 0 aromatic heterocycles. The minimum atomic E-state index is 0.166. The molecule has 0 unspecified atom stereocenters. The zero-order valence-corrected chi connectivity index (χ0v) is 10.2. The fourth-order valence-corrected chi connectivity index (χ4v) is 1.21. The normalized spacial score (nSPS) is 10.3. The molecule has 1 heteroatoms. The summed E-state index contributed by atoms with van der Waals surface area (Å²) in [7, 11) is 0. The van der Waals surface area contributed by atoms with Crippen LogP contribution in [0, 0.1) is 0 Å². The molecule has 0 saturated carbocycles. The van der Waals surface area contributed by atoms with Crippen molar-refractivity contribution < 1.29 is 4.79 Å². The van der Waals surface area contributed by atoms with Crippen LogP contribution in [0.3, 0.4) is 0 Å². The lowest BCUT2D eigenvalue weighted by atomic mass is 10.0.